The van der Waals surface area contributed by atoms with E-state index in [-0.39, 0.29) is 43.4 Å². The molecule has 112 valence electrons. The number of nitrogens with one attached hydrogen (secondary N) is 2. The maximum absolute atomic E-state index is 9.93. The summed E-state index contributed by atoms with van der Waals surface area (Å²) < 4.78 is 0. The number of nitrogens with zero attached hydrogens (tertiary/aromatic N) is 3. The molecule has 2 fully saturated rings. The Morgan fingerprint density at radius 3 is 2.80 bits per heavy atom. The molecule has 2 saturated heterocycles. The van der Waals surface area contributed by atoms with Gasteiger partial charge in [0, 0.05) is 6.61 Å². The van der Waals surface area contributed by atoms with Crippen molar-refractivity contribution in [1.29, 1.82) is 0 Å². The van der Waals surface area contributed by atoms with Crippen molar-refractivity contribution in [2.24, 2.45) is 10.7 Å². The van der Waals surface area contributed by atoms with Gasteiger partial charge in [0.25, 0.3) is 0 Å². The number of aliphatic hydroxyl groups is 4. The summed E-state index contributed by atoms with van der Waals surface area (Å²) in [4.78, 5) is 3.79. The van der Waals surface area contributed by atoms with Gasteiger partial charge in [0.05, 0.1) is 18.2 Å². The molecule has 4 atom stereocenters. The fraction of sp³-hybridized carbons (Fsp3) is 0.700. The molecular formula is C10H18N6O4. The standard InChI is InChI=1S/C10H18N6O4/c11-10-12-9(20)8-7-4(13-16(8)14-15(7)10)3-6(19)5(18)1-2-17/h4-7,13-14,17-20H,1-3H2,(H2,11,12)/t4?,5-,6+,7?/m1/s1. The smallest absolute Gasteiger partial charge is 0.239 e. The SMILES string of the molecule is NC1=NC(O)=C2C3C(C[C@H](O)[C@H](O)CCO)NN2NN13. The van der Waals surface area contributed by atoms with Gasteiger partial charge >= 0.3 is 0 Å². The average Bonchev–Trinajstić information content (AvgIpc) is 2.90. The third kappa shape index (κ3) is 1.89. The van der Waals surface area contributed by atoms with Crippen LogP contribution in [0.2, 0.25) is 0 Å². The van der Waals surface area contributed by atoms with Crippen molar-refractivity contribution in [2.75, 3.05) is 6.61 Å². The molecule has 0 saturated carbocycles. The van der Waals surface area contributed by atoms with E-state index in [4.69, 9.17) is 10.8 Å². The number of aliphatic imine (C=N–C) groups is 1. The lowest BCUT2D eigenvalue weighted by atomic mass is 9.97. The van der Waals surface area contributed by atoms with Crippen LogP contribution in [0.25, 0.3) is 0 Å². The third-order valence-electron chi connectivity index (χ3n) is 3.74. The Morgan fingerprint density at radius 1 is 1.35 bits per heavy atom. The Balaban J connectivity index is 1.72. The minimum Gasteiger partial charge on any atom is -0.492 e. The number of guanidine groups is 1. The topological polar surface area (TPSA) is 150 Å². The van der Waals surface area contributed by atoms with Crippen molar-refractivity contribution < 1.29 is 20.4 Å². The number of nitrogens with two attached hydrogens (primary N) is 1. The van der Waals surface area contributed by atoms with Crippen LogP contribution >= 0.6 is 0 Å². The second-order valence-corrected chi connectivity index (χ2v) is 5.05. The van der Waals surface area contributed by atoms with Crippen LogP contribution in [-0.4, -0.2) is 67.4 Å². The lowest BCUT2D eigenvalue weighted by molar-refractivity contribution is -0.0211. The predicted molar refractivity (Wildman–Crippen MR) is 67.1 cm³/mol. The molecule has 0 spiro atoms. The molecule has 10 nitrogen and oxygen atoms in total. The highest BCUT2D eigenvalue weighted by atomic mass is 16.3. The molecule has 0 aromatic heterocycles. The van der Waals surface area contributed by atoms with Gasteiger partial charge in [0.1, 0.15) is 11.7 Å². The van der Waals surface area contributed by atoms with Crippen LogP contribution in [0.4, 0.5) is 0 Å². The quantitative estimate of drug-likeness (QED) is 0.278. The molecule has 20 heavy (non-hydrogen) atoms. The van der Waals surface area contributed by atoms with Crippen molar-refractivity contribution in [2.45, 2.75) is 37.1 Å². The first-order valence-electron chi connectivity index (χ1n) is 6.39. The Bertz CT molecular complexity index is 469. The summed E-state index contributed by atoms with van der Waals surface area (Å²) in [6.45, 7) is -0.189. The fourth-order valence-corrected chi connectivity index (χ4v) is 2.75. The van der Waals surface area contributed by atoms with Crippen LogP contribution in [0, 0.1) is 0 Å². The Hall–Kier alpha value is -1.59. The number of rotatable bonds is 5. The van der Waals surface area contributed by atoms with Gasteiger partial charge in [-0.3, -0.25) is 0 Å². The van der Waals surface area contributed by atoms with Crippen molar-refractivity contribution in [1.82, 2.24) is 21.1 Å². The molecule has 3 aliphatic rings. The molecule has 3 heterocycles. The van der Waals surface area contributed by atoms with E-state index in [2.05, 4.69) is 16.0 Å². The maximum atomic E-state index is 9.93. The van der Waals surface area contributed by atoms with Gasteiger partial charge in [-0.2, -0.15) is 4.99 Å². The first-order chi connectivity index (χ1) is 9.52. The summed E-state index contributed by atoms with van der Waals surface area (Å²) in [6, 6.07) is -0.547. The largest absolute Gasteiger partial charge is 0.492 e. The van der Waals surface area contributed by atoms with E-state index in [1.54, 1.807) is 5.01 Å². The number of aliphatic hydroxyl groups excluding tert-OH is 4. The van der Waals surface area contributed by atoms with Crippen LogP contribution in [0.15, 0.2) is 16.6 Å². The molecule has 0 radical (unpaired) electrons. The summed E-state index contributed by atoms with van der Waals surface area (Å²) in [5.41, 5.74) is 12.2. The molecule has 10 heteroatoms. The van der Waals surface area contributed by atoms with Gasteiger partial charge in [-0.15, -0.1) is 5.53 Å². The molecule has 3 rings (SSSR count). The highest BCUT2D eigenvalue weighted by Crippen LogP contribution is 2.35. The van der Waals surface area contributed by atoms with Crippen LogP contribution in [-0.2, 0) is 0 Å². The monoisotopic (exact) mass is 286 g/mol. The molecular weight excluding hydrogens is 268 g/mol. The minimum absolute atomic E-state index is 0.113. The molecule has 2 unspecified atom stereocenters. The summed E-state index contributed by atoms with van der Waals surface area (Å²) in [6.07, 6.45) is -1.62. The average molecular weight is 286 g/mol. The van der Waals surface area contributed by atoms with Gasteiger partial charge in [-0.05, 0) is 12.8 Å². The number of hydrazine groups is 3. The first-order valence-corrected chi connectivity index (χ1v) is 6.39. The van der Waals surface area contributed by atoms with Gasteiger partial charge in [0.2, 0.25) is 11.8 Å². The lowest BCUT2D eigenvalue weighted by Gasteiger charge is -2.35. The van der Waals surface area contributed by atoms with Crippen molar-refractivity contribution in [3.05, 3.63) is 11.6 Å². The molecule has 4 bridgehead atoms. The summed E-state index contributed by atoms with van der Waals surface area (Å²) in [5, 5.41) is 41.3. The zero-order valence-corrected chi connectivity index (χ0v) is 10.6. The van der Waals surface area contributed by atoms with Crippen LogP contribution in [0.5, 0.6) is 0 Å². The van der Waals surface area contributed by atoms with Crippen molar-refractivity contribution >= 4 is 5.96 Å². The van der Waals surface area contributed by atoms with E-state index in [0.717, 1.165) is 0 Å². The van der Waals surface area contributed by atoms with Crippen molar-refractivity contribution in [3.8, 4) is 0 Å². The Morgan fingerprint density at radius 2 is 2.10 bits per heavy atom. The normalized spacial score (nSPS) is 30.9. The zero-order valence-electron chi connectivity index (χ0n) is 10.6. The van der Waals surface area contributed by atoms with E-state index in [1.807, 2.05) is 0 Å². The molecule has 0 amide bonds. The van der Waals surface area contributed by atoms with Gasteiger partial charge in [-0.25, -0.2) is 15.6 Å². The van der Waals surface area contributed by atoms with E-state index in [9.17, 15) is 15.3 Å². The Labute approximate surface area is 114 Å². The van der Waals surface area contributed by atoms with E-state index in [1.165, 1.54) is 5.12 Å². The fourth-order valence-electron chi connectivity index (χ4n) is 2.75. The second-order valence-electron chi connectivity index (χ2n) is 5.05. The van der Waals surface area contributed by atoms with Crippen molar-refractivity contribution in [3.63, 3.8) is 0 Å². The van der Waals surface area contributed by atoms with E-state index in [0.29, 0.717) is 5.70 Å². The molecule has 0 aromatic carbocycles. The molecule has 0 aliphatic carbocycles. The molecule has 3 aliphatic heterocycles. The summed E-state index contributed by atoms with van der Waals surface area (Å²) >= 11 is 0. The highest BCUT2D eigenvalue weighted by Gasteiger charge is 2.53. The third-order valence-corrected chi connectivity index (χ3v) is 3.74. The molecule has 8 N–H and O–H groups in total. The van der Waals surface area contributed by atoms with E-state index < -0.39 is 12.2 Å². The summed E-state index contributed by atoms with van der Waals surface area (Å²) in [7, 11) is 0. The van der Waals surface area contributed by atoms with Gasteiger partial charge < -0.3 is 26.2 Å². The molecule has 0 aromatic rings. The zero-order chi connectivity index (χ0) is 14.4. The maximum Gasteiger partial charge on any atom is 0.239 e. The highest BCUT2D eigenvalue weighted by molar-refractivity contribution is 5.81. The van der Waals surface area contributed by atoms with Crippen LogP contribution in [0.1, 0.15) is 12.8 Å². The minimum atomic E-state index is -0.993. The lowest BCUT2D eigenvalue weighted by Crippen LogP contribution is -2.63. The van der Waals surface area contributed by atoms with E-state index >= 15 is 0 Å². The van der Waals surface area contributed by atoms with Gasteiger partial charge in [-0.1, -0.05) is 0 Å². The van der Waals surface area contributed by atoms with Crippen LogP contribution in [0.3, 0.4) is 0 Å². The number of hydrogen-bond acceptors (Lipinski definition) is 10. The first kappa shape index (κ1) is 13.4. The predicted octanol–water partition coefficient (Wildman–Crippen LogP) is -3.17. The van der Waals surface area contributed by atoms with Gasteiger partial charge in [0.15, 0.2) is 0 Å². The summed E-state index contributed by atoms with van der Waals surface area (Å²) in [5.74, 6) is -0.0372. The number of hydrogen-bond donors (Lipinski definition) is 7. The Kier molecular flexibility index (Phi) is 3.18. The second kappa shape index (κ2) is 4.75. The van der Waals surface area contributed by atoms with Crippen LogP contribution < -0.4 is 16.7 Å².